The van der Waals surface area contributed by atoms with Crippen LogP contribution < -0.4 is 0 Å². The van der Waals surface area contributed by atoms with Gasteiger partial charge in [0.25, 0.3) is 0 Å². The molecule has 0 bridgehead atoms. The summed E-state index contributed by atoms with van der Waals surface area (Å²) in [6.07, 6.45) is 0. The summed E-state index contributed by atoms with van der Waals surface area (Å²) in [5, 5.41) is 0.833. The predicted octanol–water partition coefficient (Wildman–Crippen LogP) is 8.24. The van der Waals surface area contributed by atoms with E-state index in [2.05, 4.69) is 94.5 Å². The van der Waals surface area contributed by atoms with Crippen molar-refractivity contribution in [3.8, 4) is 0 Å². The summed E-state index contributed by atoms with van der Waals surface area (Å²) in [4.78, 5) is 0. The standard InChI is InChI=1S/2C10H20.2C3H8S.2Ru/c2*1-6-7(2)9(4)10(5)8(6)3;2*1-3(2)4;;/h2*6-10H,1-5H3;2*3-4H,1-2H3;;/q;;;;2*+1/p-2. The molecular formula is C26H54Ru2S2. The zero-order chi connectivity index (χ0) is 22.9. The molecule has 2 aliphatic carbocycles. The Morgan fingerprint density at radius 2 is 0.367 bits per heavy atom. The van der Waals surface area contributed by atoms with Gasteiger partial charge in [-0.3, -0.25) is 0 Å². The van der Waals surface area contributed by atoms with Crippen molar-refractivity contribution < 1.29 is 39.0 Å². The molecule has 0 nitrogen and oxygen atoms in total. The zero-order valence-electron chi connectivity index (χ0n) is 22.5. The van der Waals surface area contributed by atoms with Gasteiger partial charge in [0.05, 0.1) is 0 Å². The second-order valence-electron chi connectivity index (χ2n) is 10.7. The SMILES string of the molecule is CC(C)[S-].CC(C)[S-].CC1C(C)C(C)C(C)C1C.CC1C(C)C(C)C(C)C1C.[Ru+].[Ru+]. The van der Waals surface area contributed by atoms with Gasteiger partial charge in [0.1, 0.15) is 0 Å². The normalized spacial score (nSPS) is 39.4. The molecule has 0 saturated heterocycles. The Morgan fingerprint density at radius 1 is 0.333 bits per heavy atom. The van der Waals surface area contributed by atoms with E-state index in [0.717, 1.165) is 59.2 Å². The van der Waals surface area contributed by atoms with Gasteiger partial charge in [-0.05, 0) is 59.2 Å². The fraction of sp³-hybridized carbons (Fsp3) is 1.00. The molecule has 2 radical (unpaired) electrons. The molecule has 0 unspecified atom stereocenters. The van der Waals surface area contributed by atoms with Gasteiger partial charge in [0, 0.05) is 0 Å². The van der Waals surface area contributed by atoms with Gasteiger partial charge in [-0.2, -0.15) is 10.5 Å². The summed E-state index contributed by atoms with van der Waals surface area (Å²) in [7, 11) is 0. The van der Waals surface area contributed by atoms with Gasteiger partial charge in [0.2, 0.25) is 0 Å². The largest absolute Gasteiger partial charge is 1.00 e. The molecule has 30 heavy (non-hydrogen) atoms. The molecule has 0 aromatic carbocycles. The summed E-state index contributed by atoms with van der Waals surface area (Å²) in [6.45, 7) is 31.9. The molecule has 0 N–H and O–H groups in total. The van der Waals surface area contributed by atoms with Crippen molar-refractivity contribution in [3.05, 3.63) is 0 Å². The number of hydrogen-bond acceptors (Lipinski definition) is 2. The molecule has 0 amide bonds. The third-order valence-corrected chi connectivity index (χ3v) is 8.29. The van der Waals surface area contributed by atoms with Gasteiger partial charge >= 0.3 is 39.0 Å². The van der Waals surface area contributed by atoms with Gasteiger partial charge in [-0.1, -0.05) is 96.9 Å². The van der Waals surface area contributed by atoms with Crippen molar-refractivity contribution in [2.75, 3.05) is 0 Å². The van der Waals surface area contributed by atoms with Crippen molar-refractivity contribution in [3.63, 3.8) is 0 Å². The molecule has 4 heteroatoms. The van der Waals surface area contributed by atoms with Gasteiger partial charge in [0.15, 0.2) is 0 Å². The summed E-state index contributed by atoms with van der Waals surface area (Å²) >= 11 is 9.24. The fourth-order valence-electron chi connectivity index (χ4n) is 4.79. The maximum Gasteiger partial charge on any atom is 1.00 e. The maximum atomic E-state index is 4.62. The van der Waals surface area contributed by atoms with E-state index in [1.54, 1.807) is 0 Å². The van der Waals surface area contributed by atoms with Crippen LogP contribution in [-0.2, 0) is 64.2 Å². The molecule has 2 saturated carbocycles. The first-order valence-corrected chi connectivity index (χ1v) is 12.8. The third-order valence-electron chi connectivity index (χ3n) is 8.29. The quantitative estimate of drug-likeness (QED) is 0.195. The average Bonchev–Trinajstić information content (AvgIpc) is 2.85. The molecule has 0 heterocycles. The molecule has 2 aliphatic rings. The second kappa shape index (κ2) is 19.3. The molecule has 0 aliphatic heterocycles. The van der Waals surface area contributed by atoms with Crippen LogP contribution in [0.2, 0.25) is 0 Å². The summed E-state index contributed by atoms with van der Waals surface area (Å²) in [5.41, 5.74) is 0. The Hall–Kier alpha value is 1.95. The molecule has 2 rings (SSSR count). The summed E-state index contributed by atoms with van der Waals surface area (Å²) in [5.74, 6) is 9.35. The van der Waals surface area contributed by atoms with E-state index in [1.807, 2.05) is 27.7 Å². The molecule has 0 aromatic heterocycles. The van der Waals surface area contributed by atoms with Crippen molar-refractivity contribution in [2.45, 2.75) is 107 Å². The fourth-order valence-corrected chi connectivity index (χ4v) is 4.79. The first kappa shape index (κ1) is 39.2. The van der Waals surface area contributed by atoms with Crippen LogP contribution in [0.1, 0.15) is 96.9 Å². The zero-order valence-corrected chi connectivity index (χ0v) is 27.6. The Balaban J connectivity index is -0.000000160. The van der Waals surface area contributed by atoms with Crippen LogP contribution in [0.3, 0.4) is 0 Å². The average molecular weight is 633 g/mol. The Labute approximate surface area is 229 Å². The van der Waals surface area contributed by atoms with Crippen molar-refractivity contribution in [1.82, 2.24) is 0 Å². The van der Waals surface area contributed by atoms with E-state index in [4.69, 9.17) is 0 Å². The second-order valence-corrected chi connectivity index (χ2v) is 12.6. The first-order valence-electron chi connectivity index (χ1n) is 11.9. The Kier molecular flexibility index (Phi) is 25.2. The minimum Gasteiger partial charge on any atom is -0.790 e. The van der Waals surface area contributed by atoms with Crippen LogP contribution in [0, 0.1) is 59.2 Å². The maximum absolute atomic E-state index is 4.62. The monoisotopic (exact) mass is 634 g/mol. The van der Waals surface area contributed by atoms with Gasteiger partial charge < -0.3 is 25.3 Å². The van der Waals surface area contributed by atoms with Crippen LogP contribution in [0.25, 0.3) is 0 Å². The van der Waals surface area contributed by atoms with E-state index in [-0.39, 0.29) is 39.0 Å². The van der Waals surface area contributed by atoms with E-state index in [0.29, 0.717) is 10.5 Å². The van der Waals surface area contributed by atoms with Crippen molar-refractivity contribution >= 4 is 25.3 Å². The van der Waals surface area contributed by atoms with E-state index in [1.165, 1.54) is 0 Å². The van der Waals surface area contributed by atoms with Gasteiger partial charge in [-0.15, -0.1) is 0 Å². The van der Waals surface area contributed by atoms with E-state index < -0.39 is 0 Å². The topological polar surface area (TPSA) is 0 Å². The third kappa shape index (κ3) is 14.3. The molecule has 186 valence electrons. The van der Waals surface area contributed by atoms with Crippen LogP contribution in [0.15, 0.2) is 0 Å². The Morgan fingerprint density at radius 3 is 0.400 bits per heavy atom. The molecule has 2 fully saturated rings. The molecule has 0 spiro atoms. The number of hydrogen-bond donors (Lipinski definition) is 0. The summed E-state index contributed by atoms with van der Waals surface area (Å²) in [6, 6.07) is 0. The van der Waals surface area contributed by atoms with Crippen molar-refractivity contribution in [2.24, 2.45) is 59.2 Å². The number of rotatable bonds is 0. The van der Waals surface area contributed by atoms with E-state index in [9.17, 15) is 0 Å². The van der Waals surface area contributed by atoms with Crippen LogP contribution >= 0.6 is 0 Å². The smallest absolute Gasteiger partial charge is 0.790 e. The molecule has 0 aromatic rings. The van der Waals surface area contributed by atoms with Crippen molar-refractivity contribution in [1.29, 1.82) is 0 Å². The Bertz CT molecular complexity index is 258. The minimum atomic E-state index is 0. The first-order chi connectivity index (χ1) is 12.6. The van der Waals surface area contributed by atoms with E-state index >= 15 is 0 Å². The van der Waals surface area contributed by atoms with Gasteiger partial charge in [-0.25, -0.2) is 0 Å². The van der Waals surface area contributed by atoms with Crippen LogP contribution in [-0.4, -0.2) is 10.5 Å². The minimum absolute atomic E-state index is 0. The van der Waals surface area contributed by atoms with Crippen LogP contribution in [0.5, 0.6) is 0 Å². The summed E-state index contributed by atoms with van der Waals surface area (Å²) < 4.78 is 0. The molecule has 0 atom stereocenters. The van der Waals surface area contributed by atoms with Crippen LogP contribution in [0.4, 0.5) is 0 Å². The molecular weight excluding hydrogens is 579 g/mol. The predicted molar refractivity (Wildman–Crippen MR) is 137 cm³/mol.